The summed E-state index contributed by atoms with van der Waals surface area (Å²) >= 11 is 0. The van der Waals surface area contributed by atoms with Crippen LogP contribution in [0.1, 0.15) is 38.5 Å². The summed E-state index contributed by atoms with van der Waals surface area (Å²) in [4.78, 5) is 38.0. The Balaban J connectivity index is 1.72. The second kappa shape index (κ2) is 9.73. The van der Waals surface area contributed by atoms with Crippen molar-refractivity contribution in [2.24, 2.45) is 11.8 Å². The maximum atomic E-state index is 14.2. The van der Waals surface area contributed by atoms with E-state index in [1.54, 1.807) is 12.1 Å². The molecule has 1 aromatic heterocycles. The minimum Gasteiger partial charge on any atom is -0.327 e. The molecular weight excluding hydrogens is 381 g/mol. The Kier molecular flexibility index (Phi) is 7.08. The molecular formula is C19H26FN5O4. The zero-order chi connectivity index (χ0) is 20.8. The Morgan fingerprint density at radius 2 is 2.17 bits per heavy atom. The van der Waals surface area contributed by atoms with Crippen LogP contribution in [0.4, 0.5) is 10.2 Å². The minimum absolute atomic E-state index is 0.107. The fourth-order valence-corrected chi connectivity index (χ4v) is 4.26. The number of carbonyl (C=O) groups is 3. The van der Waals surface area contributed by atoms with Crippen LogP contribution in [-0.2, 0) is 14.4 Å². The molecule has 3 amide bonds. The number of likely N-dealkylation sites (tertiary alicyclic amines) is 1. The summed E-state index contributed by atoms with van der Waals surface area (Å²) in [6, 6.07) is 2.18. The molecule has 0 aromatic carbocycles. The van der Waals surface area contributed by atoms with Crippen LogP contribution in [0.25, 0.3) is 0 Å². The lowest BCUT2D eigenvalue weighted by molar-refractivity contribution is -0.158. The van der Waals surface area contributed by atoms with Gasteiger partial charge < -0.3 is 10.2 Å². The second-order valence-corrected chi connectivity index (χ2v) is 7.75. The molecule has 2 fully saturated rings. The number of halogens is 1. The summed E-state index contributed by atoms with van der Waals surface area (Å²) in [5.74, 6) is -1.10. The SMILES string of the molecule is O=CN(O)CC(CC1CCCC1)C(=O)N1CC(F)CC1C(=O)Nc1cccnn1. The largest absolute Gasteiger partial charge is 0.327 e. The number of amides is 3. The normalized spacial score (nSPS) is 23.0. The number of nitrogens with one attached hydrogen (secondary N) is 1. The van der Waals surface area contributed by atoms with E-state index in [2.05, 4.69) is 15.5 Å². The molecule has 0 bridgehead atoms. The van der Waals surface area contributed by atoms with Crippen molar-refractivity contribution in [1.82, 2.24) is 20.2 Å². The zero-order valence-electron chi connectivity index (χ0n) is 16.1. The molecule has 1 aromatic rings. The Hall–Kier alpha value is -2.62. The summed E-state index contributed by atoms with van der Waals surface area (Å²) in [5, 5.41) is 20.1. The highest BCUT2D eigenvalue weighted by molar-refractivity contribution is 5.97. The smallest absolute Gasteiger partial charge is 0.248 e. The second-order valence-electron chi connectivity index (χ2n) is 7.75. The van der Waals surface area contributed by atoms with E-state index in [0.717, 1.165) is 25.7 Å². The van der Waals surface area contributed by atoms with Gasteiger partial charge in [0.1, 0.15) is 12.2 Å². The van der Waals surface area contributed by atoms with Gasteiger partial charge in [-0.1, -0.05) is 25.7 Å². The van der Waals surface area contributed by atoms with E-state index in [9.17, 15) is 24.0 Å². The van der Waals surface area contributed by atoms with Crippen LogP contribution in [0.15, 0.2) is 18.3 Å². The number of carbonyl (C=O) groups excluding carboxylic acids is 3. The van der Waals surface area contributed by atoms with Gasteiger partial charge in [0.05, 0.1) is 19.0 Å². The van der Waals surface area contributed by atoms with Gasteiger partial charge >= 0.3 is 0 Å². The highest BCUT2D eigenvalue weighted by Gasteiger charge is 2.42. The van der Waals surface area contributed by atoms with E-state index >= 15 is 0 Å². The van der Waals surface area contributed by atoms with Gasteiger partial charge in [-0.25, -0.2) is 9.45 Å². The van der Waals surface area contributed by atoms with Gasteiger partial charge in [-0.2, -0.15) is 5.10 Å². The number of hydroxylamine groups is 2. The third-order valence-corrected chi connectivity index (χ3v) is 5.63. The van der Waals surface area contributed by atoms with Crippen molar-refractivity contribution in [2.75, 3.05) is 18.4 Å². The molecule has 3 atom stereocenters. The van der Waals surface area contributed by atoms with E-state index in [0.29, 0.717) is 17.4 Å². The first kappa shape index (κ1) is 21.1. The lowest BCUT2D eigenvalue weighted by atomic mass is 9.91. The molecule has 9 nitrogen and oxygen atoms in total. The number of alkyl halides is 1. The first-order chi connectivity index (χ1) is 14.0. The number of nitrogens with zero attached hydrogens (tertiary/aromatic N) is 4. The van der Waals surface area contributed by atoms with Crippen LogP contribution in [-0.4, -0.2) is 68.9 Å². The predicted molar refractivity (Wildman–Crippen MR) is 100 cm³/mol. The molecule has 2 aliphatic rings. The first-order valence-corrected chi connectivity index (χ1v) is 9.92. The third-order valence-electron chi connectivity index (χ3n) is 5.63. The highest BCUT2D eigenvalue weighted by Crippen LogP contribution is 2.32. The lowest BCUT2D eigenvalue weighted by Crippen LogP contribution is -2.48. The van der Waals surface area contributed by atoms with Gasteiger partial charge in [-0.3, -0.25) is 19.6 Å². The molecule has 1 saturated carbocycles. The summed E-state index contributed by atoms with van der Waals surface area (Å²) in [6.07, 6.45) is 4.91. The number of hydrogen-bond donors (Lipinski definition) is 2. The molecule has 158 valence electrons. The van der Waals surface area contributed by atoms with Crippen LogP contribution in [0.3, 0.4) is 0 Å². The van der Waals surface area contributed by atoms with Crippen LogP contribution < -0.4 is 5.32 Å². The van der Waals surface area contributed by atoms with E-state index in [-0.39, 0.29) is 31.7 Å². The molecule has 0 radical (unpaired) electrons. The summed E-state index contributed by atoms with van der Waals surface area (Å²) in [7, 11) is 0. The molecule has 1 aliphatic carbocycles. The van der Waals surface area contributed by atoms with Gasteiger partial charge in [-0.05, 0) is 24.5 Å². The summed E-state index contributed by atoms with van der Waals surface area (Å²) in [6.45, 7) is -0.365. The molecule has 3 unspecified atom stereocenters. The molecule has 10 heteroatoms. The van der Waals surface area contributed by atoms with Crippen molar-refractivity contribution in [3.63, 3.8) is 0 Å². The lowest BCUT2D eigenvalue weighted by Gasteiger charge is -2.30. The van der Waals surface area contributed by atoms with Crippen LogP contribution in [0.2, 0.25) is 0 Å². The van der Waals surface area contributed by atoms with Crippen molar-refractivity contribution < 1.29 is 24.0 Å². The van der Waals surface area contributed by atoms with Crippen molar-refractivity contribution in [3.8, 4) is 0 Å². The van der Waals surface area contributed by atoms with Gasteiger partial charge in [0, 0.05) is 12.6 Å². The summed E-state index contributed by atoms with van der Waals surface area (Å²) < 4.78 is 14.2. The van der Waals surface area contributed by atoms with Gasteiger partial charge in [-0.15, -0.1) is 5.10 Å². The Labute approximate surface area is 168 Å². The van der Waals surface area contributed by atoms with Crippen molar-refractivity contribution in [3.05, 3.63) is 18.3 Å². The van der Waals surface area contributed by atoms with Crippen molar-refractivity contribution in [2.45, 2.75) is 50.7 Å². The molecule has 3 rings (SSSR count). The number of aromatic nitrogens is 2. The molecule has 2 N–H and O–H groups in total. The topological polar surface area (TPSA) is 116 Å². The standard InChI is InChI=1S/C19H26FN5O4/c20-15-9-16(18(27)22-17-6-3-7-21-23-17)25(11-15)19(28)14(10-24(29)12-26)8-13-4-1-2-5-13/h3,6-7,12-16,29H,1-2,4-5,8-11H2,(H,22,23,27). The average molecular weight is 407 g/mol. The monoisotopic (exact) mass is 407 g/mol. The number of hydrogen-bond acceptors (Lipinski definition) is 6. The van der Waals surface area contributed by atoms with E-state index in [1.807, 2.05) is 0 Å². The molecule has 2 heterocycles. The Morgan fingerprint density at radius 1 is 1.41 bits per heavy atom. The molecule has 0 spiro atoms. The first-order valence-electron chi connectivity index (χ1n) is 9.92. The summed E-state index contributed by atoms with van der Waals surface area (Å²) in [5.41, 5.74) is 0. The van der Waals surface area contributed by atoms with E-state index in [1.165, 1.54) is 11.1 Å². The van der Waals surface area contributed by atoms with Crippen LogP contribution >= 0.6 is 0 Å². The van der Waals surface area contributed by atoms with Gasteiger partial charge in [0.15, 0.2) is 5.82 Å². The zero-order valence-corrected chi connectivity index (χ0v) is 16.1. The van der Waals surface area contributed by atoms with Crippen LogP contribution in [0, 0.1) is 11.8 Å². The fraction of sp³-hybridized carbons (Fsp3) is 0.632. The van der Waals surface area contributed by atoms with Crippen molar-refractivity contribution >= 4 is 24.0 Å². The third kappa shape index (κ3) is 5.47. The fourth-order valence-electron chi connectivity index (χ4n) is 4.26. The quantitative estimate of drug-likeness (QED) is 0.382. The predicted octanol–water partition coefficient (Wildman–Crippen LogP) is 1.40. The highest BCUT2D eigenvalue weighted by atomic mass is 19.1. The van der Waals surface area contributed by atoms with E-state index in [4.69, 9.17) is 0 Å². The molecule has 1 aliphatic heterocycles. The van der Waals surface area contributed by atoms with Gasteiger partial charge in [0.2, 0.25) is 18.2 Å². The number of rotatable bonds is 8. The average Bonchev–Trinajstić information content (AvgIpc) is 3.37. The molecule has 1 saturated heterocycles. The van der Waals surface area contributed by atoms with Gasteiger partial charge in [0.25, 0.3) is 0 Å². The van der Waals surface area contributed by atoms with Crippen LogP contribution in [0.5, 0.6) is 0 Å². The van der Waals surface area contributed by atoms with Crippen molar-refractivity contribution in [1.29, 1.82) is 0 Å². The maximum absolute atomic E-state index is 14.2. The molecule has 29 heavy (non-hydrogen) atoms. The Morgan fingerprint density at radius 3 is 2.83 bits per heavy atom. The minimum atomic E-state index is -1.32. The number of anilines is 1. The van der Waals surface area contributed by atoms with E-state index < -0.39 is 29.9 Å². The Bertz CT molecular complexity index is 716. The maximum Gasteiger partial charge on any atom is 0.248 e.